The molecule has 2 aliphatic rings. The van der Waals surface area contributed by atoms with Gasteiger partial charge >= 0.3 is 5.69 Å². The first kappa shape index (κ1) is 15.3. The lowest BCUT2D eigenvalue weighted by Gasteiger charge is -2.17. The number of fused-ring (bicyclic) bond motifs is 2. The van der Waals surface area contributed by atoms with Gasteiger partial charge in [-0.2, -0.15) is 4.98 Å². The summed E-state index contributed by atoms with van der Waals surface area (Å²) < 4.78 is 2.90. The highest BCUT2D eigenvalue weighted by Crippen LogP contribution is 2.21. The standard InChI is InChI=1S/C19H16N4O2/c1-22-18(24)16-17(21-19(22)25)23(12-11-13-7-3-2-4-8-13)15-10-6-5-9-14(15)20-16/h2-10H,11-12H2,1H3. The van der Waals surface area contributed by atoms with Crippen LogP contribution < -0.4 is 11.2 Å². The molecule has 0 aliphatic carbocycles. The number of hydrogen-bond donors (Lipinski definition) is 0. The summed E-state index contributed by atoms with van der Waals surface area (Å²) >= 11 is 0. The second kappa shape index (κ2) is 5.98. The molecule has 0 saturated carbocycles. The normalized spacial score (nSPS) is 11.2. The maximum absolute atomic E-state index is 12.5. The summed E-state index contributed by atoms with van der Waals surface area (Å²) in [5.74, 6) is 0.336. The van der Waals surface area contributed by atoms with E-state index >= 15 is 0 Å². The van der Waals surface area contributed by atoms with E-state index < -0.39 is 11.2 Å². The molecule has 0 bridgehead atoms. The second-order valence-corrected chi connectivity index (χ2v) is 5.92. The Kier molecular flexibility index (Phi) is 3.65. The Labute approximate surface area is 143 Å². The molecule has 2 heterocycles. The van der Waals surface area contributed by atoms with Gasteiger partial charge in [0.25, 0.3) is 5.56 Å². The van der Waals surface area contributed by atoms with Crippen LogP contribution in [0.4, 0.5) is 0 Å². The third kappa shape index (κ3) is 2.61. The second-order valence-electron chi connectivity index (χ2n) is 5.92. The molecule has 0 unspecified atom stereocenters. The number of rotatable bonds is 3. The molecule has 0 radical (unpaired) electrons. The lowest BCUT2D eigenvalue weighted by atomic mass is 10.1. The van der Waals surface area contributed by atoms with Crippen LogP contribution in [0.15, 0.2) is 64.2 Å². The molecule has 0 amide bonds. The summed E-state index contributed by atoms with van der Waals surface area (Å²) in [7, 11) is 1.42. The maximum atomic E-state index is 12.5. The summed E-state index contributed by atoms with van der Waals surface area (Å²) in [4.78, 5) is 33.0. The van der Waals surface area contributed by atoms with E-state index in [1.807, 2.05) is 47.0 Å². The maximum Gasteiger partial charge on any atom is 0.352 e. The van der Waals surface area contributed by atoms with E-state index in [2.05, 4.69) is 22.1 Å². The molecule has 2 aromatic rings. The van der Waals surface area contributed by atoms with Crippen molar-refractivity contribution in [1.82, 2.24) is 19.1 Å². The number of para-hydroxylation sites is 2. The summed E-state index contributed by atoms with van der Waals surface area (Å²) in [6.45, 7) is 0.600. The third-order valence-corrected chi connectivity index (χ3v) is 4.33. The zero-order valence-corrected chi connectivity index (χ0v) is 13.7. The SMILES string of the molecule is Cn1c(=O)nc2n(CCc3ccccc3)c3ccccc3nc-2c1=O. The molecule has 2 aromatic carbocycles. The van der Waals surface area contributed by atoms with Gasteiger partial charge in [0.2, 0.25) is 0 Å². The number of aromatic nitrogens is 4. The van der Waals surface area contributed by atoms with Crippen molar-refractivity contribution in [2.24, 2.45) is 7.05 Å². The highest BCUT2D eigenvalue weighted by molar-refractivity contribution is 5.79. The van der Waals surface area contributed by atoms with Crippen molar-refractivity contribution >= 4 is 11.0 Å². The highest BCUT2D eigenvalue weighted by atomic mass is 16.2. The first-order chi connectivity index (χ1) is 12.1. The van der Waals surface area contributed by atoms with Crippen LogP contribution in [0.3, 0.4) is 0 Å². The van der Waals surface area contributed by atoms with Crippen molar-refractivity contribution in [3.8, 4) is 11.5 Å². The third-order valence-electron chi connectivity index (χ3n) is 4.33. The van der Waals surface area contributed by atoms with E-state index in [1.54, 1.807) is 0 Å². The largest absolute Gasteiger partial charge is 0.352 e. The van der Waals surface area contributed by atoms with Gasteiger partial charge in [-0.05, 0) is 24.1 Å². The van der Waals surface area contributed by atoms with Crippen molar-refractivity contribution in [2.45, 2.75) is 13.0 Å². The van der Waals surface area contributed by atoms with E-state index in [9.17, 15) is 9.59 Å². The van der Waals surface area contributed by atoms with Gasteiger partial charge in [0.1, 0.15) is 0 Å². The Bertz CT molecular complexity index is 1150. The van der Waals surface area contributed by atoms with E-state index in [-0.39, 0.29) is 5.69 Å². The van der Waals surface area contributed by atoms with Gasteiger partial charge in [0, 0.05) is 13.6 Å². The molecule has 2 aliphatic heterocycles. The molecular weight excluding hydrogens is 316 g/mol. The molecule has 6 heteroatoms. The van der Waals surface area contributed by atoms with Crippen LogP contribution in [0.5, 0.6) is 0 Å². The van der Waals surface area contributed by atoms with Crippen LogP contribution in [0.2, 0.25) is 0 Å². The van der Waals surface area contributed by atoms with Crippen LogP contribution in [0.1, 0.15) is 5.56 Å². The van der Waals surface area contributed by atoms with Gasteiger partial charge in [-0.15, -0.1) is 0 Å². The number of benzene rings is 2. The molecule has 0 spiro atoms. The van der Waals surface area contributed by atoms with Crippen LogP contribution in [-0.4, -0.2) is 19.1 Å². The summed E-state index contributed by atoms with van der Waals surface area (Å²) in [5, 5.41) is 0. The highest BCUT2D eigenvalue weighted by Gasteiger charge is 2.19. The predicted octanol–water partition coefficient (Wildman–Crippen LogP) is 1.84. The quantitative estimate of drug-likeness (QED) is 0.537. The van der Waals surface area contributed by atoms with Gasteiger partial charge < -0.3 is 4.57 Å². The molecule has 0 aromatic heterocycles. The summed E-state index contributed by atoms with van der Waals surface area (Å²) in [6, 6.07) is 17.6. The topological polar surface area (TPSA) is 69.8 Å². The molecule has 25 heavy (non-hydrogen) atoms. The fraction of sp³-hybridized carbons (Fsp3) is 0.158. The lowest BCUT2D eigenvalue weighted by molar-refractivity contribution is 0.682. The van der Waals surface area contributed by atoms with E-state index in [0.717, 1.165) is 16.5 Å². The fourth-order valence-electron chi connectivity index (χ4n) is 2.98. The minimum atomic E-state index is -0.567. The zero-order chi connectivity index (χ0) is 17.4. The first-order valence-corrected chi connectivity index (χ1v) is 8.05. The van der Waals surface area contributed by atoms with E-state index in [4.69, 9.17) is 0 Å². The molecule has 4 rings (SSSR count). The Hall–Kier alpha value is -3.28. The molecular formula is C19H16N4O2. The van der Waals surface area contributed by atoms with E-state index in [1.165, 1.54) is 12.6 Å². The number of aryl methyl sites for hydroxylation is 2. The smallest absolute Gasteiger partial charge is 0.322 e. The van der Waals surface area contributed by atoms with Crippen LogP contribution in [0.25, 0.3) is 22.6 Å². The molecule has 0 N–H and O–H groups in total. The molecule has 6 nitrogen and oxygen atoms in total. The Morgan fingerprint density at radius 3 is 2.44 bits per heavy atom. The Morgan fingerprint density at radius 2 is 1.64 bits per heavy atom. The van der Waals surface area contributed by atoms with Crippen molar-refractivity contribution in [3.63, 3.8) is 0 Å². The molecule has 124 valence electrons. The van der Waals surface area contributed by atoms with Crippen molar-refractivity contribution in [1.29, 1.82) is 0 Å². The van der Waals surface area contributed by atoms with Gasteiger partial charge in [0.15, 0.2) is 11.5 Å². The molecule has 0 atom stereocenters. The Morgan fingerprint density at radius 1 is 0.920 bits per heavy atom. The zero-order valence-electron chi connectivity index (χ0n) is 13.7. The number of hydrogen-bond acceptors (Lipinski definition) is 4. The van der Waals surface area contributed by atoms with Crippen LogP contribution in [0, 0.1) is 0 Å². The fourth-order valence-corrected chi connectivity index (χ4v) is 2.98. The van der Waals surface area contributed by atoms with Gasteiger partial charge in [0.05, 0.1) is 11.0 Å². The first-order valence-electron chi connectivity index (χ1n) is 8.05. The van der Waals surface area contributed by atoms with Crippen LogP contribution in [-0.2, 0) is 20.0 Å². The van der Waals surface area contributed by atoms with Crippen molar-refractivity contribution < 1.29 is 0 Å². The average molecular weight is 332 g/mol. The van der Waals surface area contributed by atoms with Gasteiger partial charge in [-0.1, -0.05) is 42.5 Å². The average Bonchev–Trinajstić information content (AvgIpc) is 2.65. The summed E-state index contributed by atoms with van der Waals surface area (Å²) in [5.41, 5.74) is 1.97. The minimum absolute atomic E-state index is 0.217. The molecule has 0 fully saturated rings. The van der Waals surface area contributed by atoms with E-state index in [0.29, 0.717) is 17.9 Å². The van der Waals surface area contributed by atoms with Crippen molar-refractivity contribution in [3.05, 3.63) is 81.0 Å². The summed E-state index contributed by atoms with van der Waals surface area (Å²) in [6.07, 6.45) is 0.764. The Balaban J connectivity index is 1.95. The van der Waals surface area contributed by atoms with Crippen LogP contribution >= 0.6 is 0 Å². The number of nitrogens with zero attached hydrogens (tertiary/aromatic N) is 4. The predicted molar refractivity (Wildman–Crippen MR) is 95.8 cm³/mol. The monoisotopic (exact) mass is 332 g/mol. The minimum Gasteiger partial charge on any atom is -0.322 e. The lowest BCUT2D eigenvalue weighted by Crippen LogP contribution is -2.36. The van der Waals surface area contributed by atoms with Gasteiger partial charge in [-0.25, -0.2) is 9.78 Å². The van der Waals surface area contributed by atoms with Crippen molar-refractivity contribution in [2.75, 3.05) is 0 Å². The molecule has 0 saturated heterocycles. The van der Waals surface area contributed by atoms with Gasteiger partial charge in [-0.3, -0.25) is 9.36 Å².